The molecule has 0 aromatic heterocycles. The Morgan fingerprint density at radius 3 is 2.20 bits per heavy atom. The fourth-order valence-electron chi connectivity index (χ4n) is 1.08. The monoisotopic (exact) mass is 218 g/mol. The molecule has 4 nitrogen and oxygen atoms in total. The lowest BCUT2D eigenvalue weighted by Crippen LogP contribution is -2.51. The van der Waals surface area contributed by atoms with Crippen LogP contribution in [0.2, 0.25) is 0 Å². The first-order chi connectivity index (χ1) is 6.75. The second kappa shape index (κ2) is 5.47. The molecular formula is C11H24NO3+. The molecule has 90 valence electrons. The fraction of sp³-hybridized carbons (Fsp3) is 0.909. The van der Waals surface area contributed by atoms with Crippen molar-refractivity contribution in [2.45, 2.75) is 46.1 Å². The van der Waals surface area contributed by atoms with Gasteiger partial charge < -0.3 is 4.74 Å². The van der Waals surface area contributed by atoms with Gasteiger partial charge in [0.2, 0.25) is 0 Å². The Morgan fingerprint density at radius 1 is 1.33 bits per heavy atom. The Bertz CT molecular complexity index is 210. The van der Waals surface area contributed by atoms with Crippen LogP contribution in [-0.4, -0.2) is 37.0 Å². The van der Waals surface area contributed by atoms with Gasteiger partial charge in [-0.15, -0.1) is 0 Å². The predicted octanol–water partition coefficient (Wildman–Crippen LogP) is 2.73. The van der Waals surface area contributed by atoms with E-state index in [2.05, 4.69) is 6.92 Å². The number of hydrogen-bond acceptors (Lipinski definition) is 3. The summed E-state index contributed by atoms with van der Waals surface area (Å²) in [6, 6.07) is 0. The van der Waals surface area contributed by atoms with E-state index < -0.39 is 5.60 Å². The third kappa shape index (κ3) is 5.14. The first-order valence-corrected chi connectivity index (χ1v) is 5.40. The molecular weight excluding hydrogens is 194 g/mol. The number of unbranched alkanes of at least 4 members (excludes halogenated alkanes) is 1. The largest absolute Gasteiger partial charge is 0.549 e. The smallest absolute Gasteiger partial charge is 0.412 e. The van der Waals surface area contributed by atoms with E-state index in [9.17, 15) is 4.79 Å². The fourth-order valence-corrected chi connectivity index (χ4v) is 1.08. The summed E-state index contributed by atoms with van der Waals surface area (Å²) in [7, 11) is 3.25. The van der Waals surface area contributed by atoms with Gasteiger partial charge in [-0.2, -0.15) is 9.63 Å². The molecule has 0 aromatic rings. The molecule has 0 bridgehead atoms. The summed E-state index contributed by atoms with van der Waals surface area (Å²) < 4.78 is 5.18. The number of rotatable bonds is 4. The number of ether oxygens (including phenoxy) is 1. The zero-order valence-corrected chi connectivity index (χ0v) is 10.8. The lowest BCUT2D eigenvalue weighted by atomic mass is 10.2. The molecule has 0 spiro atoms. The molecule has 1 unspecified atom stereocenters. The van der Waals surface area contributed by atoms with Gasteiger partial charge in [-0.1, -0.05) is 18.0 Å². The van der Waals surface area contributed by atoms with Gasteiger partial charge in [0.05, 0.1) is 7.11 Å². The minimum Gasteiger partial charge on any atom is -0.412 e. The molecule has 15 heavy (non-hydrogen) atoms. The summed E-state index contributed by atoms with van der Waals surface area (Å²) in [5, 5.41) is 0. The number of amides is 1. The van der Waals surface area contributed by atoms with Crippen LogP contribution in [0.25, 0.3) is 0 Å². The zero-order chi connectivity index (χ0) is 12.1. The zero-order valence-electron chi connectivity index (χ0n) is 10.8. The van der Waals surface area contributed by atoms with Gasteiger partial charge >= 0.3 is 6.09 Å². The van der Waals surface area contributed by atoms with Gasteiger partial charge in [-0.3, -0.25) is 0 Å². The van der Waals surface area contributed by atoms with Crippen LogP contribution in [0.1, 0.15) is 40.5 Å². The quantitative estimate of drug-likeness (QED) is 0.537. The third-order valence-electron chi connectivity index (χ3n) is 2.12. The van der Waals surface area contributed by atoms with E-state index in [0.717, 1.165) is 12.8 Å². The number of nitrogens with zero attached hydrogens (tertiary/aromatic N) is 1. The van der Waals surface area contributed by atoms with Crippen molar-refractivity contribution in [1.82, 2.24) is 0 Å². The van der Waals surface area contributed by atoms with Crippen LogP contribution >= 0.6 is 0 Å². The van der Waals surface area contributed by atoms with Gasteiger partial charge in [0.1, 0.15) is 19.2 Å². The first-order valence-electron chi connectivity index (χ1n) is 5.40. The summed E-state index contributed by atoms with van der Waals surface area (Å²) in [6.45, 7) is 8.27. The van der Waals surface area contributed by atoms with Crippen LogP contribution < -0.4 is 0 Å². The van der Waals surface area contributed by atoms with Gasteiger partial charge in [0, 0.05) is 0 Å². The van der Waals surface area contributed by atoms with Gasteiger partial charge in [0.25, 0.3) is 0 Å². The molecule has 0 aromatic carbocycles. The van der Waals surface area contributed by atoms with Crippen molar-refractivity contribution in [2.75, 3.05) is 20.7 Å². The highest BCUT2D eigenvalue weighted by Gasteiger charge is 2.37. The molecule has 0 radical (unpaired) electrons. The maximum atomic E-state index is 11.8. The average molecular weight is 218 g/mol. The molecule has 1 atom stereocenters. The number of quaternary nitrogens is 1. The van der Waals surface area contributed by atoms with Crippen molar-refractivity contribution in [3.8, 4) is 0 Å². The molecule has 0 saturated carbocycles. The molecule has 0 heterocycles. The van der Waals surface area contributed by atoms with E-state index in [0.29, 0.717) is 6.54 Å². The van der Waals surface area contributed by atoms with E-state index in [1.165, 1.54) is 7.11 Å². The Balaban J connectivity index is 4.44. The minimum absolute atomic E-state index is 0.120. The third-order valence-corrected chi connectivity index (χ3v) is 2.12. The molecule has 0 fully saturated rings. The van der Waals surface area contributed by atoms with Crippen molar-refractivity contribution in [1.29, 1.82) is 0 Å². The summed E-state index contributed by atoms with van der Waals surface area (Å²) in [5.74, 6) is 0. The van der Waals surface area contributed by atoms with Gasteiger partial charge in [-0.25, -0.2) is 0 Å². The molecule has 0 aliphatic rings. The van der Waals surface area contributed by atoms with E-state index in [-0.39, 0.29) is 10.7 Å². The van der Waals surface area contributed by atoms with Crippen LogP contribution in [0.4, 0.5) is 4.79 Å². The maximum absolute atomic E-state index is 11.8. The molecule has 0 saturated heterocycles. The Morgan fingerprint density at radius 2 is 1.87 bits per heavy atom. The molecule has 4 heteroatoms. The summed E-state index contributed by atoms with van der Waals surface area (Å²) in [5.41, 5.74) is -0.471. The highest BCUT2D eigenvalue weighted by molar-refractivity contribution is 5.59. The lowest BCUT2D eigenvalue weighted by molar-refractivity contribution is -1.03. The number of carbonyl (C=O) groups excluding carboxylic acids is 1. The Hall–Kier alpha value is -0.610. The molecule has 0 rings (SSSR count). The number of hydrogen-bond donors (Lipinski definition) is 0. The van der Waals surface area contributed by atoms with Crippen LogP contribution in [0.3, 0.4) is 0 Å². The Kier molecular flexibility index (Phi) is 5.24. The van der Waals surface area contributed by atoms with Crippen molar-refractivity contribution >= 4 is 6.09 Å². The number of carbonyl (C=O) groups is 1. The van der Waals surface area contributed by atoms with Crippen LogP contribution in [0, 0.1) is 0 Å². The highest BCUT2D eigenvalue weighted by atomic mass is 16.8. The second-order valence-corrected chi connectivity index (χ2v) is 4.84. The maximum Gasteiger partial charge on any atom is 0.549 e. The predicted molar refractivity (Wildman–Crippen MR) is 59.2 cm³/mol. The average Bonchev–Trinajstić information content (AvgIpc) is 2.11. The number of hydroxylamine groups is 3. The molecule has 0 aliphatic heterocycles. The van der Waals surface area contributed by atoms with Crippen molar-refractivity contribution in [3.05, 3.63) is 0 Å². The van der Waals surface area contributed by atoms with Crippen molar-refractivity contribution in [2.24, 2.45) is 0 Å². The van der Waals surface area contributed by atoms with Crippen molar-refractivity contribution < 1.29 is 19.0 Å². The van der Waals surface area contributed by atoms with Gasteiger partial charge in [-0.05, 0) is 27.2 Å². The lowest BCUT2D eigenvalue weighted by Gasteiger charge is -2.29. The minimum atomic E-state index is -0.471. The van der Waals surface area contributed by atoms with Crippen LogP contribution in [-0.2, 0) is 9.57 Å². The van der Waals surface area contributed by atoms with E-state index in [1.807, 2.05) is 20.8 Å². The second-order valence-electron chi connectivity index (χ2n) is 4.84. The Labute approximate surface area is 92.7 Å². The topological polar surface area (TPSA) is 35.5 Å². The SMILES string of the molecule is CCCC[N+](C)(OC)C(=O)OC(C)(C)C. The summed E-state index contributed by atoms with van der Waals surface area (Å²) in [4.78, 5) is 17.1. The summed E-state index contributed by atoms with van der Waals surface area (Å²) in [6.07, 6.45) is 1.63. The molecule has 0 N–H and O–H groups in total. The standard InChI is InChI=1S/C11H24NO3/c1-7-8-9-12(5,14-6)10(13)15-11(2,3)4/h7-9H2,1-6H3/q+1. The molecule has 0 aliphatic carbocycles. The van der Waals surface area contributed by atoms with E-state index in [1.54, 1.807) is 7.05 Å². The van der Waals surface area contributed by atoms with Gasteiger partial charge in [0.15, 0.2) is 0 Å². The van der Waals surface area contributed by atoms with Crippen LogP contribution in [0.15, 0.2) is 0 Å². The first kappa shape index (κ1) is 14.4. The van der Waals surface area contributed by atoms with Crippen LogP contribution in [0.5, 0.6) is 0 Å². The highest BCUT2D eigenvalue weighted by Crippen LogP contribution is 2.15. The van der Waals surface area contributed by atoms with Crippen molar-refractivity contribution in [3.63, 3.8) is 0 Å². The van der Waals surface area contributed by atoms with E-state index >= 15 is 0 Å². The molecule has 1 amide bonds. The van der Waals surface area contributed by atoms with E-state index in [4.69, 9.17) is 9.57 Å². The summed E-state index contributed by atoms with van der Waals surface area (Å²) >= 11 is 0. The normalized spacial score (nSPS) is 15.9.